The third-order valence-corrected chi connectivity index (χ3v) is 4.53. The lowest BCUT2D eigenvalue weighted by Gasteiger charge is -2.22. The first-order chi connectivity index (χ1) is 10.9. The van der Waals surface area contributed by atoms with Crippen molar-refractivity contribution in [1.29, 1.82) is 0 Å². The van der Waals surface area contributed by atoms with Gasteiger partial charge in [-0.15, -0.1) is 0 Å². The molecular formula is C18H33N5. The van der Waals surface area contributed by atoms with Crippen LogP contribution in [0.4, 0.5) is 0 Å². The molecule has 1 unspecified atom stereocenters. The van der Waals surface area contributed by atoms with Gasteiger partial charge in [0, 0.05) is 45.8 Å². The van der Waals surface area contributed by atoms with Crippen LogP contribution in [0.15, 0.2) is 17.4 Å². The summed E-state index contributed by atoms with van der Waals surface area (Å²) in [6, 6.07) is 0. The van der Waals surface area contributed by atoms with Crippen LogP contribution in [0.25, 0.3) is 0 Å². The van der Waals surface area contributed by atoms with Gasteiger partial charge in [-0.25, -0.2) is 0 Å². The van der Waals surface area contributed by atoms with Crippen molar-refractivity contribution in [3.8, 4) is 0 Å². The van der Waals surface area contributed by atoms with Gasteiger partial charge < -0.3 is 10.2 Å². The second kappa shape index (κ2) is 7.84. The molecule has 1 saturated heterocycles. The molecule has 5 nitrogen and oxygen atoms in total. The van der Waals surface area contributed by atoms with Gasteiger partial charge >= 0.3 is 0 Å². The molecule has 1 N–H and O–H groups in total. The first-order valence-corrected chi connectivity index (χ1v) is 8.83. The minimum absolute atomic E-state index is 0.438. The molecule has 1 aliphatic heterocycles. The summed E-state index contributed by atoms with van der Waals surface area (Å²) in [5.74, 6) is 1.62. The van der Waals surface area contributed by atoms with Crippen LogP contribution in [-0.4, -0.2) is 47.3 Å². The largest absolute Gasteiger partial charge is 0.356 e. The maximum atomic E-state index is 4.46. The molecular weight excluding hydrogens is 286 g/mol. The molecule has 0 saturated carbocycles. The van der Waals surface area contributed by atoms with E-state index in [4.69, 9.17) is 0 Å². The fraction of sp³-hybridized carbons (Fsp3) is 0.778. The Morgan fingerprint density at radius 1 is 1.39 bits per heavy atom. The van der Waals surface area contributed by atoms with Crippen LogP contribution in [0, 0.1) is 5.41 Å². The number of nitrogens with zero attached hydrogens (tertiary/aromatic N) is 4. The highest BCUT2D eigenvalue weighted by Crippen LogP contribution is 2.26. The molecule has 5 heteroatoms. The summed E-state index contributed by atoms with van der Waals surface area (Å²) in [4.78, 5) is 6.84. The first kappa shape index (κ1) is 17.8. The molecule has 1 fully saturated rings. The summed E-state index contributed by atoms with van der Waals surface area (Å²) >= 11 is 0. The van der Waals surface area contributed by atoms with E-state index in [0.717, 1.165) is 25.6 Å². The summed E-state index contributed by atoms with van der Waals surface area (Å²) in [5, 5.41) is 7.82. The molecule has 0 radical (unpaired) electrons. The van der Waals surface area contributed by atoms with Gasteiger partial charge in [0.2, 0.25) is 0 Å². The zero-order valence-corrected chi connectivity index (χ0v) is 15.5. The average molecular weight is 319 g/mol. The Morgan fingerprint density at radius 2 is 2.17 bits per heavy atom. The van der Waals surface area contributed by atoms with E-state index < -0.39 is 0 Å². The van der Waals surface area contributed by atoms with Crippen molar-refractivity contribution in [1.82, 2.24) is 20.0 Å². The van der Waals surface area contributed by atoms with E-state index in [0.29, 0.717) is 11.3 Å². The lowest BCUT2D eigenvalue weighted by Crippen LogP contribution is -2.40. The third kappa shape index (κ3) is 5.56. The van der Waals surface area contributed by atoms with Crippen molar-refractivity contribution in [3.63, 3.8) is 0 Å². The van der Waals surface area contributed by atoms with Gasteiger partial charge in [-0.2, -0.15) is 5.10 Å². The maximum Gasteiger partial charge on any atom is 0.193 e. The molecule has 0 aromatic carbocycles. The number of unbranched alkanes of at least 4 members (excludes halogenated alkanes) is 1. The molecule has 2 heterocycles. The first-order valence-electron chi connectivity index (χ1n) is 8.83. The Balaban J connectivity index is 1.74. The molecule has 0 spiro atoms. The second-order valence-corrected chi connectivity index (χ2v) is 7.87. The minimum Gasteiger partial charge on any atom is -0.356 e. The van der Waals surface area contributed by atoms with Gasteiger partial charge in [0.05, 0.1) is 6.20 Å². The lowest BCUT2D eigenvalue weighted by molar-refractivity contribution is 0.359. The second-order valence-electron chi connectivity index (χ2n) is 7.87. The van der Waals surface area contributed by atoms with E-state index in [1.807, 2.05) is 25.0 Å². The number of rotatable bonds is 5. The number of aryl methyl sites for hydroxylation is 1. The minimum atomic E-state index is 0.438. The van der Waals surface area contributed by atoms with E-state index in [2.05, 4.69) is 47.3 Å². The van der Waals surface area contributed by atoms with Gasteiger partial charge in [-0.3, -0.25) is 9.67 Å². The molecule has 0 amide bonds. The standard InChI is InChI=1S/C18H33N5/c1-18(2,3)9-6-7-10-20-17(19-4)23-11-8-15(14-23)16-12-21-22(5)13-16/h12-13,15H,6-11,14H2,1-5H3,(H,19,20). The topological polar surface area (TPSA) is 45.5 Å². The van der Waals surface area contributed by atoms with Crippen LogP contribution in [0.3, 0.4) is 0 Å². The van der Waals surface area contributed by atoms with Gasteiger partial charge in [0.1, 0.15) is 0 Å². The van der Waals surface area contributed by atoms with Crippen LogP contribution < -0.4 is 5.32 Å². The Morgan fingerprint density at radius 3 is 2.78 bits per heavy atom. The monoisotopic (exact) mass is 319 g/mol. The van der Waals surface area contributed by atoms with Gasteiger partial charge in [0.15, 0.2) is 5.96 Å². The van der Waals surface area contributed by atoms with Crippen molar-refractivity contribution in [3.05, 3.63) is 18.0 Å². The highest BCUT2D eigenvalue weighted by Gasteiger charge is 2.26. The maximum absolute atomic E-state index is 4.46. The molecule has 1 atom stereocenters. The van der Waals surface area contributed by atoms with E-state index in [9.17, 15) is 0 Å². The lowest BCUT2D eigenvalue weighted by atomic mass is 9.90. The summed E-state index contributed by atoms with van der Waals surface area (Å²) in [5.41, 5.74) is 1.78. The fourth-order valence-corrected chi connectivity index (χ4v) is 3.19. The predicted molar refractivity (Wildman–Crippen MR) is 96.8 cm³/mol. The number of aliphatic imine (C=N–C) groups is 1. The summed E-state index contributed by atoms with van der Waals surface area (Å²) in [7, 11) is 3.86. The summed E-state index contributed by atoms with van der Waals surface area (Å²) < 4.78 is 1.89. The summed E-state index contributed by atoms with van der Waals surface area (Å²) in [6.45, 7) is 10.0. The van der Waals surface area contributed by atoms with Crippen LogP contribution in [0.1, 0.15) is 57.9 Å². The van der Waals surface area contributed by atoms with Crippen molar-refractivity contribution in [2.24, 2.45) is 17.5 Å². The Hall–Kier alpha value is -1.52. The number of likely N-dealkylation sites (tertiary alicyclic amines) is 1. The number of nitrogens with one attached hydrogen (secondary N) is 1. The Labute approximate surface area is 141 Å². The molecule has 130 valence electrons. The molecule has 0 aliphatic carbocycles. The van der Waals surface area contributed by atoms with Gasteiger partial charge in [0.25, 0.3) is 0 Å². The molecule has 23 heavy (non-hydrogen) atoms. The zero-order chi connectivity index (χ0) is 16.9. The van der Waals surface area contributed by atoms with Crippen LogP contribution in [-0.2, 0) is 7.05 Å². The SMILES string of the molecule is CN=C(NCCCCC(C)(C)C)N1CCC(c2cnn(C)c2)C1. The number of guanidine groups is 1. The van der Waals surface area contributed by atoms with Crippen molar-refractivity contribution >= 4 is 5.96 Å². The van der Waals surface area contributed by atoms with Crippen molar-refractivity contribution in [2.75, 3.05) is 26.7 Å². The smallest absolute Gasteiger partial charge is 0.193 e. The normalized spacial score (nSPS) is 19.4. The molecule has 2 rings (SSSR count). The quantitative estimate of drug-likeness (QED) is 0.515. The summed E-state index contributed by atoms with van der Waals surface area (Å²) in [6.07, 6.45) is 9.06. The number of hydrogen-bond acceptors (Lipinski definition) is 2. The number of aromatic nitrogens is 2. The van der Waals surface area contributed by atoms with Gasteiger partial charge in [-0.05, 0) is 30.2 Å². The van der Waals surface area contributed by atoms with Crippen LogP contribution in [0.2, 0.25) is 0 Å². The fourth-order valence-electron chi connectivity index (χ4n) is 3.19. The van der Waals surface area contributed by atoms with Crippen molar-refractivity contribution < 1.29 is 0 Å². The number of hydrogen-bond donors (Lipinski definition) is 1. The highest BCUT2D eigenvalue weighted by molar-refractivity contribution is 5.80. The van der Waals surface area contributed by atoms with E-state index >= 15 is 0 Å². The molecule has 1 aromatic heterocycles. The third-order valence-electron chi connectivity index (χ3n) is 4.53. The average Bonchev–Trinajstić information content (AvgIpc) is 3.10. The van der Waals surface area contributed by atoms with Crippen LogP contribution >= 0.6 is 0 Å². The Kier molecular flexibility index (Phi) is 6.08. The van der Waals surface area contributed by atoms with Crippen LogP contribution in [0.5, 0.6) is 0 Å². The van der Waals surface area contributed by atoms with Gasteiger partial charge in [-0.1, -0.05) is 27.2 Å². The zero-order valence-electron chi connectivity index (χ0n) is 15.5. The van der Waals surface area contributed by atoms with Crippen molar-refractivity contribution in [2.45, 2.75) is 52.4 Å². The Bertz CT molecular complexity index is 512. The highest BCUT2D eigenvalue weighted by atomic mass is 15.3. The van der Waals surface area contributed by atoms with E-state index in [-0.39, 0.29) is 0 Å². The molecule has 1 aliphatic rings. The molecule has 0 bridgehead atoms. The van der Waals surface area contributed by atoms with E-state index in [1.54, 1.807) is 0 Å². The molecule has 1 aromatic rings. The van der Waals surface area contributed by atoms with E-state index in [1.165, 1.54) is 31.2 Å². The predicted octanol–water partition coefficient (Wildman–Crippen LogP) is 3.00.